The van der Waals surface area contributed by atoms with Crippen LogP contribution in [0.3, 0.4) is 0 Å². The maximum atomic E-state index is 5.86. The predicted molar refractivity (Wildman–Crippen MR) is 100 cm³/mol. The van der Waals surface area contributed by atoms with Crippen molar-refractivity contribution in [2.24, 2.45) is 0 Å². The molecule has 26 heavy (non-hydrogen) atoms. The van der Waals surface area contributed by atoms with Crippen LogP contribution in [0.15, 0.2) is 34.9 Å². The second kappa shape index (κ2) is 6.92. The largest absolute Gasteiger partial charge is 0.372 e. The molecule has 3 aromatic rings. The van der Waals surface area contributed by atoms with Crippen molar-refractivity contribution >= 4 is 22.7 Å². The molecule has 0 spiro atoms. The first-order valence-electron chi connectivity index (χ1n) is 8.92. The fraction of sp³-hybridized carbons (Fsp3) is 0.421. The second-order valence-electron chi connectivity index (χ2n) is 6.83. The first-order chi connectivity index (χ1) is 12.6. The number of aromatic nitrogens is 3. The summed E-state index contributed by atoms with van der Waals surface area (Å²) in [6.07, 6.45) is 0.300. The van der Waals surface area contributed by atoms with Gasteiger partial charge in [0.2, 0.25) is 0 Å². The van der Waals surface area contributed by atoms with E-state index < -0.39 is 0 Å². The van der Waals surface area contributed by atoms with Gasteiger partial charge in [0, 0.05) is 19.2 Å². The zero-order valence-corrected chi connectivity index (χ0v) is 15.3. The van der Waals surface area contributed by atoms with Crippen LogP contribution < -0.4 is 10.2 Å². The third-order valence-corrected chi connectivity index (χ3v) is 4.38. The van der Waals surface area contributed by atoms with E-state index in [4.69, 9.17) is 19.2 Å². The monoisotopic (exact) mass is 353 g/mol. The Morgan fingerprint density at radius 1 is 1.12 bits per heavy atom. The summed E-state index contributed by atoms with van der Waals surface area (Å²) in [6.45, 7) is 8.16. The predicted octanol–water partition coefficient (Wildman–Crippen LogP) is 3.15. The highest BCUT2D eigenvalue weighted by Crippen LogP contribution is 2.28. The Morgan fingerprint density at radius 3 is 2.46 bits per heavy atom. The van der Waals surface area contributed by atoms with E-state index in [1.165, 1.54) is 0 Å². The van der Waals surface area contributed by atoms with E-state index in [0.29, 0.717) is 6.54 Å². The topological polar surface area (TPSA) is 76.3 Å². The lowest BCUT2D eigenvalue weighted by atomic mass is 10.2. The van der Waals surface area contributed by atoms with Gasteiger partial charge < -0.3 is 19.5 Å². The van der Waals surface area contributed by atoms with Crippen LogP contribution in [-0.2, 0) is 11.3 Å². The zero-order chi connectivity index (χ0) is 18.1. The number of rotatable bonds is 4. The fourth-order valence-electron chi connectivity index (χ4n) is 3.35. The molecule has 0 saturated carbocycles. The van der Waals surface area contributed by atoms with Crippen LogP contribution in [0.1, 0.15) is 25.3 Å². The Morgan fingerprint density at radius 2 is 1.81 bits per heavy atom. The third-order valence-electron chi connectivity index (χ3n) is 4.38. The molecule has 2 aromatic heterocycles. The quantitative estimate of drug-likeness (QED) is 0.772. The molecule has 0 bridgehead atoms. The Hall–Kier alpha value is -2.67. The summed E-state index contributed by atoms with van der Waals surface area (Å²) in [6, 6.07) is 9.83. The molecule has 1 aliphatic rings. The molecule has 1 fully saturated rings. The highest BCUT2D eigenvalue weighted by atomic mass is 16.5. The molecule has 0 amide bonds. The van der Waals surface area contributed by atoms with Gasteiger partial charge in [0.1, 0.15) is 0 Å². The number of ether oxygens (including phenoxy) is 1. The minimum absolute atomic E-state index is 0.150. The van der Waals surface area contributed by atoms with E-state index in [9.17, 15) is 0 Å². The average Bonchev–Trinajstić information content (AvgIpc) is 3.03. The number of nitrogens with one attached hydrogen (secondary N) is 1. The minimum atomic E-state index is 0.150. The minimum Gasteiger partial charge on any atom is -0.372 e. The molecule has 3 heterocycles. The molecular weight excluding hydrogens is 330 g/mol. The number of benzene rings is 1. The third kappa shape index (κ3) is 3.48. The van der Waals surface area contributed by atoms with Gasteiger partial charge in [0.15, 0.2) is 17.4 Å². The average molecular weight is 353 g/mol. The number of anilines is 2. The SMILES string of the molecule is Cc1cc(CNc2nc3ccccc3nc2N2CC(C)OC(C)C2)on1. The maximum Gasteiger partial charge on any atom is 0.172 e. The van der Waals surface area contributed by atoms with Gasteiger partial charge in [-0.1, -0.05) is 17.3 Å². The van der Waals surface area contributed by atoms with Crippen molar-refractivity contribution < 1.29 is 9.26 Å². The van der Waals surface area contributed by atoms with Gasteiger partial charge in [-0.3, -0.25) is 0 Å². The van der Waals surface area contributed by atoms with Crippen LogP contribution >= 0.6 is 0 Å². The molecule has 7 nitrogen and oxygen atoms in total. The zero-order valence-electron chi connectivity index (χ0n) is 15.3. The van der Waals surface area contributed by atoms with E-state index >= 15 is 0 Å². The number of fused-ring (bicyclic) bond motifs is 1. The molecule has 1 saturated heterocycles. The first kappa shape index (κ1) is 16.8. The summed E-state index contributed by atoms with van der Waals surface area (Å²) >= 11 is 0. The van der Waals surface area contributed by atoms with Gasteiger partial charge in [-0.15, -0.1) is 0 Å². The summed E-state index contributed by atoms with van der Waals surface area (Å²) in [5, 5.41) is 7.31. The van der Waals surface area contributed by atoms with Crippen LogP contribution in [0.25, 0.3) is 11.0 Å². The van der Waals surface area contributed by atoms with Gasteiger partial charge in [0.25, 0.3) is 0 Å². The van der Waals surface area contributed by atoms with Crippen molar-refractivity contribution in [2.75, 3.05) is 23.3 Å². The van der Waals surface area contributed by atoms with Gasteiger partial charge in [0.05, 0.1) is 35.5 Å². The molecular formula is C19H23N5O2. The number of nitrogens with zero attached hydrogens (tertiary/aromatic N) is 4. The van der Waals surface area contributed by atoms with Crippen molar-refractivity contribution in [3.8, 4) is 0 Å². The summed E-state index contributed by atoms with van der Waals surface area (Å²) < 4.78 is 11.2. The molecule has 4 rings (SSSR count). The maximum absolute atomic E-state index is 5.86. The van der Waals surface area contributed by atoms with Gasteiger partial charge >= 0.3 is 0 Å². The standard InChI is InChI=1S/C19H23N5O2/c1-12-8-15(26-23-12)9-20-18-19(24-10-13(2)25-14(3)11-24)22-17-7-5-4-6-16(17)21-18/h4-8,13-14H,9-11H2,1-3H3,(H,20,21). The molecule has 1 N–H and O–H groups in total. The van der Waals surface area contributed by atoms with E-state index in [1.807, 2.05) is 37.3 Å². The normalized spacial score (nSPS) is 20.5. The lowest BCUT2D eigenvalue weighted by molar-refractivity contribution is -0.00541. The summed E-state index contributed by atoms with van der Waals surface area (Å²) in [5.41, 5.74) is 2.61. The number of hydrogen-bond donors (Lipinski definition) is 1. The van der Waals surface area contributed by atoms with Crippen molar-refractivity contribution in [3.63, 3.8) is 0 Å². The molecule has 2 atom stereocenters. The Bertz CT molecular complexity index is 900. The first-order valence-corrected chi connectivity index (χ1v) is 8.92. The molecule has 7 heteroatoms. The Labute approximate surface area is 152 Å². The Balaban J connectivity index is 1.68. The summed E-state index contributed by atoms with van der Waals surface area (Å²) in [7, 11) is 0. The van der Waals surface area contributed by atoms with Crippen molar-refractivity contribution in [2.45, 2.75) is 39.5 Å². The van der Waals surface area contributed by atoms with E-state index in [-0.39, 0.29) is 12.2 Å². The number of morpholine rings is 1. The molecule has 1 aromatic carbocycles. The van der Waals surface area contributed by atoms with Crippen LogP contribution in [0.5, 0.6) is 0 Å². The molecule has 2 unspecified atom stereocenters. The summed E-state index contributed by atoms with van der Waals surface area (Å²) in [4.78, 5) is 11.9. The van der Waals surface area contributed by atoms with Gasteiger partial charge in [-0.2, -0.15) is 0 Å². The van der Waals surface area contributed by atoms with Crippen molar-refractivity contribution in [3.05, 3.63) is 41.8 Å². The van der Waals surface area contributed by atoms with Crippen LogP contribution in [-0.4, -0.2) is 40.4 Å². The highest BCUT2D eigenvalue weighted by Gasteiger charge is 2.26. The number of para-hydroxylation sites is 2. The van der Waals surface area contributed by atoms with E-state index in [0.717, 1.165) is 47.2 Å². The fourth-order valence-corrected chi connectivity index (χ4v) is 3.35. The number of hydrogen-bond acceptors (Lipinski definition) is 7. The highest BCUT2D eigenvalue weighted by molar-refractivity contribution is 5.80. The molecule has 1 aliphatic heterocycles. The smallest absolute Gasteiger partial charge is 0.172 e. The van der Waals surface area contributed by atoms with Crippen molar-refractivity contribution in [1.82, 2.24) is 15.1 Å². The summed E-state index contributed by atoms with van der Waals surface area (Å²) in [5.74, 6) is 2.37. The lowest BCUT2D eigenvalue weighted by Crippen LogP contribution is -2.46. The van der Waals surface area contributed by atoms with Crippen LogP contribution in [0.2, 0.25) is 0 Å². The molecule has 0 radical (unpaired) electrons. The molecule has 136 valence electrons. The van der Waals surface area contributed by atoms with Crippen molar-refractivity contribution in [1.29, 1.82) is 0 Å². The van der Waals surface area contributed by atoms with E-state index in [1.54, 1.807) is 0 Å². The van der Waals surface area contributed by atoms with Gasteiger partial charge in [-0.25, -0.2) is 9.97 Å². The van der Waals surface area contributed by atoms with Crippen LogP contribution in [0, 0.1) is 6.92 Å². The Kier molecular flexibility index (Phi) is 4.46. The second-order valence-corrected chi connectivity index (χ2v) is 6.83. The van der Waals surface area contributed by atoms with E-state index in [2.05, 4.69) is 29.2 Å². The number of aryl methyl sites for hydroxylation is 1. The van der Waals surface area contributed by atoms with Crippen LogP contribution in [0.4, 0.5) is 11.6 Å². The molecule has 0 aliphatic carbocycles. The van der Waals surface area contributed by atoms with Gasteiger partial charge in [-0.05, 0) is 32.9 Å². The lowest BCUT2D eigenvalue weighted by Gasteiger charge is -2.36.